The first kappa shape index (κ1) is 63.9. The molecular weight excluding hydrogens is 817 g/mol. The van der Waals surface area contributed by atoms with Gasteiger partial charge in [-0.1, -0.05) is 257 Å². The minimum Gasteiger partial charge on any atom is -0.462 e. The SMILES string of the molecule is CCCCCCCC/C=C\CCCCCCCC(=O)OC[C@H](COC(=O)CCCCCCCCCCCCCCCCCCC)OC(=O)CCCCCCC/C=C\CCCCCCCCC. The average Bonchev–Trinajstić information content (AvgIpc) is 3.31. The summed E-state index contributed by atoms with van der Waals surface area (Å²) in [4.78, 5) is 38.2. The van der Waals surface area contributed by atoms with Gasteiger partial charge < -0.3 is 14.2 Å². The van der Waals surface area contributed by atoms with E-state index >= 15 is 0 Å². The second kappa shape index (κ2) is 55.5. The second-order valence-corrected chi connectivity index (χ2v) is 19.9. The number of esters is 3. The lowest BCUT2D eigenvalue weighted by Gasteiger charge is -2.18. The summed E-state index contributed by atoms with van der Waals surface area (Å²) < 4.78 is 16.9. The van der Waals surface area contributed by atoms with Crippen molar-refractivity contribution in [1.29, 1.82) is 0 Å². The van der Waals surface area contributed by atoms with E-state index in [9.17, 15) is 14.4 Å². The van der Waals surface area contributed by atoms with E-state index in [1.807, 2.05) is 0 Å². The van der Waals surface area contributed by atoms with Crippen LogP contribution in [0.15, 0.2) is 24.3 Å². The molecule has 6 nitrogen and oxygen atoms in total. The summed E-state index contributed by atoms with van der Waals surface area (Å²) in [7, 11) is 0. The quantitative estimate of drug-likeness (QED) is 0.0262. The molecule has 0 heterocycles. The Labute approximate surface area is 411 Å². The zero-order chi connectivity index (χ0) is 47.9. The predicted octanol–water partition coefficient (Wildman–Crippen LogP) is 19.5. The van der Waals surface area contributed by atoms with Crippen LogP contribution in [0.3, 0.4) is 0 Å². The Morgan fingerprint density at radius 1 is 0.288 bits per heavy atom. The van der Waals surface area contributed by atoms with Gasteiger partial charge in [0.1, 0.15) is 13.2 Å². The second-order valence-electron chi connectivity index (χ2n) is 19.9. The van der Waals surface area contributed by atoms with E-state index < -0.39 is 6.10 Å². The lowest BCUT2D eigenvalue weighted by molar-refractivity contribution is -0.167. The molecule has 0 bridgehead atoms. The summed E-state index contributed by atoms with van der Waals surface area (Å²) in [5.74, 6) is -0.869. The molecule has 0 rings (SSSR count). The zero-order valence-electron chi connectivity index (χ0n) is 44.5. The van der Waals surface area contributed by atoms with Crippen molar-refractivity contribution in [3.8, 4) is 0 Å². The van der Waals surface area contributed by atoms with Crippen molar-refractivity contribution >= 4 is 17.9 Å². The maximum absolute atomic E-state index is 12.8. The van der Waals surface area contributed by atoms with Crippen LogP contribution in [0, 0.1) is 0 Å². The summed E-state index contributed by atoms with van der Waals surface area (Å²) in [5.41, 5.74) is 0. The molecule has 6 heteroatoms. The van der Waals surface area contributed by atoms with Crippen LogP contribution < -0.4 is 0 Å². The molecule has 0 unspecified atom stereocenters. The standard InChI is InChI=1S/C60H112O6/c1-4-7-10-13-16-19-22-25-28-30-33-35-38-41-44-47-50-53-59(62)65-56-57(55-64-58(61)52-49-46-43-40-37-34-31-27-24-21-18-15-12-9-6-3)66-60(63)54-51-48-45-42-39-36-32-29-26-23-20-17-14-11-8-5-2/h27,29,31-32,57H,4-26,28,30,33-56H2,1-3H3/b31-27-,32-29-/t57-/m1/s1. The number of ether oxygens (including phenoxy) is 3. The first-order valence-electron chi connectivity index (χ1n) is 29.3. The molecule has 66 heavy (non-hydrogen) atoms. The average molecular weight is 930 g/mol. The highest BCUT2D eigenvalue weighted by atomic mass is 16.6. The van der Waals surface area contributed by atoms with Crippen molar-refractivity contribution in [3.63, 3.8) is 0 Å². The summed E-state index contributed by atoms with van der Waals surface area (Å²) in [5, 5.41) is 0. The van der Waals surface area contributed by atoms with Gasteiger partial charge in [-0.05, 0) is 70.6 Å². The molecule has 0 amide bonds. The molecule has 0 aliphatic rings. The van der Waals surface area contributed by atoms with E-state index in [2.05, 4.69) is 45.1 Å². The van der Waals surface area contributed by atoms with E-state index in [4.69, 9.17) is 14.2 Å². The van der Waals surface area contributed by atoms with Gasteiger partial charge in [-0.25, -0.2) is 0 Å². The van der Waals surface area contributed by atoms with Gasteiger partial charge in [0.2, 0.25) is 0 Å². The molecule has 0 radical (unpaired) electrons. The van der Waals surface area contributed by atoms with E-state index in [-0.39, 0.29) is 31.1 Å². The fourth-order valence-electron chi connectivity index (χ4n) is 8.73. The Kier molecular flexibility index (Phi) is 53.7. The predicted molar refractivity (Wildman–Crippen MR) is 284 cm³/mol. The van der Waals surface area contributed by atoms with E-state index in [1.54, 1.807) is 0 Å². The third-order valence-corrected chi connectivity index (χ3v) is 13.2. The monoisotopic (exact) mass is 929 g/mol. The highest BCUT2D eigenvalue weighted by Gasteiger charge is 2.19. The Hall–Kier alpha value is -2.11. The molecule has 388 valence electrons. The molecule has 0 aromatic rings. The maximum Gasteiger partial charge on any atom is 0.306 e. The van der Waals surface area contributed by atoms with Crippen LogP contribution in [0.4, 0.5) is 0 Å². The molecule has 0 aromatic carbocycles. The van der Waals surface area contributed by atoms with Crippen molar-refractivity contribution in [2.24, 2.45) is 0 Å². The smallest absolute Gasteiger partial charge is 0.306 e. The minimum absolute atomic E-state index is 0.0727. The van der Waals surface area contributed by atoms with E-state index in [1.165, 1.54) is 212 Å². The zero-order valence-corrected chi connectivity index (χ0v) is 44.5. The van der Waals surface area contributed by atoms with Crippen molar-refractivity contribution in [3.05, 3.63) is 24.3 Å². The van der Waals surface area contributed by atoms with Gasteiger partial charge in [0, 0.05) is 19.3 Å². The van der Waals surface area contributed by atoms with Gasteiger partial charge >= 0.3 is 17.9 Å². The van der Waals surface area contributed by atoms with Crippen molar-refractivity contribution in [2.75, 3.05) is 13.2 Å². The number of hydrogen-bond donors (Lipinski definition) is 0. The van der Waals surface area contributed by atoms with E-state index in [0.717, 1.165) is 70.6 Å². The Morgan fingerprint density at radius 2 is 0.500 bits per heavy atom. The number of allylic oxidation sites excluding steroid dienone is 4. The lowest BCUT2D eigenvalue weighted by Crippen LogP contribution is -2.30. The largest absolute Gasteiger partial charge is 0.462 e. The maximum atomic E-state index is 12.8. The summed E-state index contributed by atoms with van der Waals surface area (Å²) in [6.45, 7) is 6.67. The number of carbonyl (C=O) groups excluding carboxylic acids is 3. The van der Waals surface area contributed by atoms with Crippen LogP contribution in [-0.2, 0) is 28.6 Å². The Morgan fingerprint density at radius 3 is 0.758 bits per heavy atom. The first-order valence-corrected chi connectivity index (χ1v) is 29.3. The normalized spacial score (nSPS) is 12.1. The van der Waals surface area contributed by atoms with Crippen LogP contribution in [-0.4, -0.2) is 37.2 Å². The molecule has 0 N–H and O–H groups in total. The van der Waals surface area contributed by atoms with Crippen LogP contribution >= 0.6 is 0 Å². The molecule has 1 atom stereocenters. The van der Waals surface area contributed by atoms with Crippen molar-refractivity contribution in [2.45, 2.75) is 329 Å². The molecular formula is C60H112O6. The third kappa shape index (κ3) is 52.9. The van der Waals surface area contributed by atoms with Crippen LogP contribution in [0.25, 0.3) is 0 Å². The van der Waals surface area contributed by atoms with Crippen molar-refractivity contribution in [1.82, 2.24) is 0 Å². The molecule has 0 saturated heterocycles. The fraction of sp³-hybridized carbons (Fsp3) is 0.883. The summed E-state index contributed by atoms with van der Waals surface area (Å²) in [6.07, 6.45) is 64.5. The number of hydrogen-bond acceptors (Lipinski definition) is 6. The van der Waals surface area contributed by atoms with Crippen LogP contribution in [0.2, 0.25) is 0 Å². The van der Waals surface area contributed by atoms with Crippen molar-refractivity contribution < 1.29 is 28.6 Å². The molecule has 0 saturated carbocycles. The molecule has 0 aliphatic carbocycles. The highest BCUT2D eigenvalue weighted by molar-refractivity contribution is 5.71. The number of unbranched alkanes of at least 4 members (excludes halogenated alkanes) is 39. The molecule has 0 aliphatic heterocycles. The van der Waals surface area contributed by atoms with E-state index in [0.29, 0.717) is 19.3 Å². The topological polar surface area (TPSA) is 78.9 Å². The van der Waals surface area contributed by atoms with Gasteiger partial charge in [0.15, 0.2) is 6.10 Å². The first-order chi connectivity index (χ1) is 32.5. The van der Waals surface area contributed by atoms with Crippen LogP contribution in [0.1, 0.15) is 323 Å². The van der Waals surface area contributed by atoms with Gasteiger partial charge in [-0.2, -0.15) is 0 Å². The molecule has 0 fully saturated rings. The molecule has 0 aromatic heterocycles. The van der Waals surface area contributed by atoms with Gasteiger partial charge in [-0.15, -0.1) is 0 Å². The van der Waals surface area contributed by atoms with Crippen LogP contribution in [0.5, 0.6) is 0 Å². The third-order valence-electron chi connectivity index (χ3n) is 13.2. The van der Waals surface area contributed by atoms with Gasteiger partial charge in [0.25, 0.3) is 0 Å². The molecule has 0 spiro atoms. The summed E-state index contributed by atoms with van der Waals surface area (Å²) in [6, 6.07) is 0. The Bertz CT molecular complexity index is 1070. The minimum atomic E-state index is -0.775. The Balaban J connectivity index is 4.35. The summed E-state index contributed by atoms with van der Waals surface area (Å²) >= 11 is 0. The van der Waals surface area contributed by atoms with Gasteiger partial charge in [0.05, 0.1) is 0 Å². The highest BCUT2D eigenvalue weighted by Crippen LogP contribution is 2.17. The number of rotatable bonds is 54. The fourth-order valence-corrected chi connectivity index (χ4v) is 8.73. The number of carbonyl (C=O) groups is 3. The van der Waals surface area contributed by atoms with Gasteiger partial charge in [-0.3, -0.25) is 14.4 Å². The lowest BCUT2D eigenvalue weighted by atomic mass is 10.0.